The number of benzene rings is 1. The number of likely N-dealkylation sites (tertiary alicyclic amines) is 1. The van der Waals surface area contributed by atoms with E-state index in [9.17, 15) is 4.79 Å². The van der Waals surface area contributed by atoms with Crippen molar-refractivity contribution in [1.82, 2.24) is 10.2 Å². The molecule has 2 saturated heterocycles. The zero-order valence-electron chi connectivity index (χ0n) is 15.7. The number of amides is 1. The molecule has 0 aliphatic carbocycles. The van der Waals surface area contributed by atoms with Crippen LogP contribution >= 0.6 is 12.4 Å². The second-order valence-corrected chi connectivity index (χ2v) is 7.64. The van der Waals surface area contributed by atoms with Gasteiger partial charge in [0.2, 0.25) is 0 Å². The van der Waals surface area contributed by atoms with Crippen molar-refractivity contribution in [3.05, 3.63) is 29.3 Å². The van der Waals surface area contributed by atoms with Gasteiger partial charge in [-0.2, -0.15) is 0 Å². The van der Waals surface area contributed by atoms with Gasteiger partial charge in [-0.1, -0.05) is 19.9 Å². The third-order valence-electron chi connectivity index (χ3n) is 5.36. The average molecular weight is 367 g/mol. The summed E-state index contributed by atoms with van der Waals surface area (Å²) in [4.78, 5) is 14.7. The minimum absolute atomic E-state index is 0. The zero-order chi connectivity index (χ0) is 17.3. The molecule has 1 amide bonds. The third-order valence-corrected chi connectivity index (χ3v) is 5.36. The molecule has 0 saturated carbocycles. The van der Waals surface area contributed by atoms with Crippen LogP contribution in [-0.4, -0.2) is 42.1 Å². The van der Waals surface area contributed by atoms with Crippen molar-refractivity contribution >= 4 is 18.3 Å². The van der Waals surface area contributed by atoms with Gasteiger partial charge in [0.25, 0.3) is 5.91 Å². The standard InChI is InChI=1S/C20H30N2O2.ClH/c1-13(2)19-8-7-18(11-14(19)3)24-15(4)20(23)22-10-9-16-5-6-17(12-22)21-16;/h7-8,11,13,15-17,21H,5-6,9-10,12H2,1-4H3;1H. The van der Waals surface area contributed by atoms with Crippen molar-refractivity contribution in [2.45, 2.75) is 71.1 Å². The van der Waals surface area contributed by atoms with Crippen LogP contribution in [0.4, 0.5) is 0 Å². The number of carbonyl (C=O) groups excluding carboxylic acids is 1. The summed E-state index contributed by atoms with van der Waals surface area (Å²) in [7, 11) is 0. The van der Waals surface area contributed by atoms with E-state index in [-0.39, 0.29) is 18.3 Å². The number of ether oxygens (including phenoxy) is 1. The molecule has 5 heteroatoms. The number of aryl methyl sites for hydroxylation is 1. The highest BCUT2D eigenvalue weighted by molar-refractivity contribution is 5.85. The molecule has 2 fully saturated rings. The monoisotopic (exact) mass is 366 g/mol. The summed E-state index contributed by atoms with van der Waals surface area (Å²) >= 11 is 0. The van der Waals surface area contributed by atoms with Gasteiger partial charge in [-0.05, 0) is 62.3 Å². The first-order chi connectivity index (χ1) is 11.4. The van der Waals surface area contributed by atoms with E-state index in [1.165, 1.54) is 24.0 Å². The first-order valence-electron chi connectivity index (χ1n) is 9.26. The number of nitrogens with one attached hydrogen (secondary N) is 1. The van der Waals surface area contributed by atoms with E-state index in [0.29, 0.717) is 18.0 Å². The van der Waals surface area contributed by atoms with Crippen LogP contribution in [0.25, 0.3) is 0 Å². The Kier molecular flexibility index (Phi) is 6.75. The Morgan fingerprint density at radius 1 is 1.20 bits per heavy atom. The Morgan fingerprint density at radius 3 is 2.60 bits per heavy atom. The van der Waals surface area contributed by atoms with E-state index in [1.54, 1.807) is 0 Å². The summed E-state index contributed by atoms with van der Waals surface area (Å²) < 4.78 is 5.95. The van der Waals surface area contributed by atoms with E-state index in [0.717, 1.165) is 25.3 Å². The fourth-order valence-corrected chi connectivity index (χ4v) is 4.02. The Balaban J connectivity index is 0.00000225. The quantitative estimate of drug-likeness (QED) is 0.884. The molecule has 3 atom stereocenters. The second-order valence-electron chi connectivity index (χ2n) is 7.64. The normalized spacial score (nSPS) is 23.8. The van der Waals surface area contributed by atoms with Crippen LogP contribution < -0.4 is 10.1 Å². The van der Waals surface area contributed by atoms with Crippen molar-refractivity contribution in [1.29, 1.82) is 0 Å². The van der Waals surface area contributed by atoms with Crippen LogP contribution in [0.1, 0.15) is 57.1 Å². The van der Waals surface area contributed by atoms with Crippen LogP contribution in [0, 0.1) is 6.92 Å². The predicted molar refractivity (Wildman–Crippen MR) is 104 cm³/mol. The summed E-state index contributed by atoms with van der Waals surface area (Å²) in [5.41, 5.74) is 2.55. The molecule has 1 N–H and O–H groups in total. The van der Waals surface area contributed by atoms with Gasteiger partial charge >= 0.3 is 0 Å². The molecule has 0 radical (unpaired) electrons. The number of carbonyl (C=O) groups is 1. The van der Waals surface area contributed by atoms with Gasteiger partial charge in [0.1, 0.15) is 5.75 Å². The van der Waals surface area contributed by atoms with E-state index < -0.39 is 6.10 Å². The van der Waals surface area contributed by atoms with Crippen molar-refractivity contribution in [2.24, 2.45) is 0 Å². The highest BCUT2D eigenvalue weighted by Gasteiger charge is 2.33. The average Bonchev–Trinajstić information content (AvgIpc) is 2.85. The number of rotatable bonds is 4. The van der Waals surface area contributed by atoms with E-state index in [4.69, 9.17) is 4.74 Å². The minimum atomic E-state index is -0.439. The fourth-order valence-electron chi connectivity index (χ4n) is 4.02. The first-order valence-corrected chi connectivity index (χ1v) is 9.26. The molecule has 1 aromatic rings. The van der Waals surface area contributed by atoms with Crippen LogP contribution in [0.3, 0.4) is 0 Å². The number of nitrogens with zero attached hydrogens (tertiary/aromatic N) is 1. The lowest BCUT2D eigenvalue weighted by molar-refractivity contribution is -0.138. The molecule has 0 spiro atoms. The van der Waals surface area contributed by atoms with Crippen molar-refractivity contribution < 1.29 is 9.53 Å². The molecule has 2 aliphatic rings. The fraction of sp³-hybridized carbons (Fsp3) is 0.650. The van der Waals surface area contributed by atoms with E-state index >= 15 is 0 Å². The van der Waals surface area contributed by atoms with Gasteiger partial charge in [0.05, 0.1) is 0 Å². The summed E-state index contributed by atoms with van der Waals surface area (Å²) in [6.07, 6.45) is 3.04. The van der Waals surface area contributed by atoms with Gasteiger partial charge in [-0.15, -0.1) is 12.4 Å². The highest BCUT2D eigenvalue weighted by Crippen LogP contribution is 2.25. The van der Waals surface area contributed by atoms with Gasteiger partial charge in [0.15, 0.2) is 6.10 Å². The van der Waals surface area contributed by atoms with Gasteiger partial charge < -0.3 is 15.0 Å². The molecule has 1 aromatic carbocycles. The molecule has 25 heavy (non-hydrogen) atoms. The van der Waals surface area contributed by atoms with Crippen molar-refractivity contribution in [3.63, 3.8) is 0 Å². The van der Waals surface area contributed by atoms with Gasteiger partial charge in [-0.25, -0.2) is 0 Å². The smallest absolute Gasteiger partial charge is 0.263 e. The molecule has 3 rings (SSSR count). The Labute approximate surface area is 157 Å². The predicted octanol–water partition coefficient (Wildman–Crippen LogP) is 3.66. The molecular formula is C20H31ClN2O2. The molecule has 2 heterocycles. The van der Waals surface area contributed by atoms with E-state index in [2.05, 4.69) is 32.2 Å². The molecule has 2 bridgehead atoms. The molecule has 140 valence electrons. The van der Waals surface area contributed by atoms with Gasteiger partial charge in [0, 0.05) is 25.2 Å². The number of hydrogen-bond donors (Lipinski definition) is 1. The van der Waals surface area contributed by atoms with Crippen LogP contribution in [-0.2, 0) is 4.79 Å². The number of halogens is 1. The lowest BCUT2D eigenvalue weighted by Gasteiger charge is -2.27. The number of hydrogen-bond acceptors (Lipinski definition) is 3. The lowest BCUT2D eigenvalue weighted by atomic mass is 9.98. The lowest BCUT2D eigenvalue weighted by Crippen LogP contribution is -2.44. The summed E-state index contributed by atoms with van der Waals surface area (Å²) in [6, 6.07) is 7.20. The van der Waals surface area contributed by atoms with Crippen LogP contribution in [0.5, 0.6) is 5.75 Å². The van der Waals surface area contributed by atoms with Crippen molar-refractivity contribution in [2.75, 3.05) is 13.1 Å². The second kappa shape index (κ2) is 8.41. The zero-order valence-corrected chi connectivity index (χ0v) is 16.6. The van der Waals surface area contributed by atoms with Gasteiger partial charge in [-0.3, -0.25) is 4.79 Å². The maximum Gasteiger partial charge on any atom is 0.263 e. The topological polar surface area (TPSA) is 41.6 Å². The third kappa shape index (κ3) is 4.68. The van der Waals surface area contributed by atoms with Crippen LogP contribution in [0.2, 0.25) is 0 Å². The summed E-state index contributed by atoms with van der Waals surface area (Å²) in [5.74, 6) is 1.39. The highest BCUT2D eigenvalue weighted by atomic mass is 35.5. The molecule has 0 aromatic heterocycles. The Hall–Kier alpha value is -1.26. The van der Waals surface area contributed by atoms with Crippen molar-refractivity contribution in [3.8, 4) is 5.75 Å². The first kappa shape index (κ1) is 20.1. The Morgan fingerprint density at radius 2 is 1.92 bits per heavy atom. The summed E-state index contributed by atoms with van der Waals surface area (Å²) in [5, 5.41) is 3.62. The molecular weight excluding hydrogens is 336 g/mol. The van der Waals surface area contributed by atoms with Crippen LogP contribution in [0.15, 0.2) is 18.2 Å². The maximum atomic E-state index is 12.8. The molecule has 2 aliphatic heterocycles. The minimum Gasteiger partial charge on any atom is -0.481 e. The molecule has 3 unspecified atom stereocenters. The largest absolute Gasteiger partial charge is 0.481 e. The summed E-state index contributed by atoms with van der Waals surface area (Å²) in [6.45, 7) is 10.0. The number of fused-ring (bicyclic) bond motifs is 2. The molecule has 4 nitrogen and oxygen atoms in total. The SMILES string of the molecule is Cc1cc(OC(C)C(=O)N2CCC3CCC(C2)N3)ccc1C(C)C.Cl. The van der Waals surface area contributed by atoms with E-state index in [1.807, 2.05) is 24.0 Å². The Bertz CT molecular complexity index is 605. The maximum absolute atomic E-state index is 12.8.